The average molecular weight is 241 g/mol. The molecule has 0 fully saturated rings. The zero-order valence-electron chi connectivity index (χ0n) is 5.73. The zero-order chi connectivity index (χ0) is 9.14. The number of hydrogen-bond acceptors (Lipinski definition) is 1. The Labute approximate surface area is 75.3 Å². The van der Waals surface area contributed by atoms with E-state index in [9.17, 15) is 13.2 Å². The molecule has 0 bridgehead atoms. The molecule has 0 heterocycles. The number of benzene rings is 1. The Balaban J connectivity index is 2.92. The number of alkyl halides is 2. The maximum absolute atomic E-state index is 12.7. The number of halogens is 4. The summed E-state index contributed by atoms with van der Waals surface area (Å²) in [5.41, 5.74) is 0. The zero-order valence-corrected chi connectivity index (χ0v) is 7.32. The summed E-state index contributed by atoms with van der Waals surface area (Å²) in [6.07, 6.45) is 0. The van der Waals surface area contributed by atoms with E-state index in [1.54, 1.807) is 0 Å². The molecule has 0 N–H and O–H groups in total. The molecule has 0 aromatic heterocycles. The van der Waals surface area contributed by atoms with Crippen molar-refractivity contribution >= 4 is 15.9 Å². The van der Waals surface area contributed by atoms with Crippen LogP contribution in [0.2, 0.25) is 0 Å². The van der Waals surface area contributed by atoms with E-state index in [1.165, 1.54) is 12.1 Å². The molecule has 1 rings (SSSR count). The van der Waals surface area contributed by atoms with Crippen molar-refractivity contribution in [2.75, 3.05) is 0 Å². The molecule has 1 aromatic rings. The normalized spacial score (nSPS) is 10.4. The minimum atomic E-state index is -2.94. The van der Waals surface area contributed by atoms with Gasteiger partial charge in [-0.05, 0) is 28.1 Å². The summed E-state index contributed by atoms with van der Waals surface area (Å²) in [7, 11) is 0. The van der Waals surface area contributed by atoms with Crippen molar-refractivity contribution in [2.45, 2.75) is 6.61 Å². The molecule has 66 valence electrons. The Bertz CT molecular complexity index is 277. The molecule has 0 aliphatic carbocycles. The van der Waals surface area contributed by atoms with Gasteiger partial charge in [0.05, 0.1) is 4.47 Å². The lowest BCUT2D eigenvalue weighted by atomic mass is 10.3. The van der Waals surface area contributed by atoms with Crippen molar-refractivity contribution < 1.29 is 17.9 Å². The van der Waals surface area contributed by atoms with Crippen LogP contribution in [0.3, 0.4) is 0 Å². The highest BCUT2D eigenvalue weighted by Gasteiger charge is 2.10. The molecule has 5 heteroatoms. The molecular formula is C7H4BrF3O. The predicted octanol–water partition coefficient (Wildman–Crippen LogP) is 3.19. The molecule has 1 aromatic carbocycles. The predicted molar refractivity (Wildman–Crippen MR) is 40.7 cm³/mol. The Morgan fingerprint density at radius 2 is 2.00 bits per heavy atom. The first-order valence-electron chi connectivity index (χ1n) is 3.00. The first-order valence-corrected chi connectivity index (χ1v) is 3.79. The molecule has 0 saturated heterocycles. The van der Waals surface area contributed by atoms with Crippen molar-refractivity contribution in [3.8, 4) is 5.75 Å². The van der Waals surface area contributed by atoms with Crippen LogP contribution >= 0.6 is 15.9 Å². The van der Waals surface area contributed by atoms with Gasteiger partial charge in [-0.15, -0.1) is 0 Å². The van der Waals surface area contributed by atoms with E-state index < -0.39 is 12.4 Å². The molecule has 0 unspecified atom stereocenters. The third-order valence-electron chi connectivity index (χ3n) is 1.13. The van der Waals surface area contributed by atoms with Gasteiger partial charge in [0.2, 0.25) is 0 Å². The van der Waals surface area contributed by atoms with Crippen LogP contribution in [0.1, 0.15) is 0 Å². The van der Waals surface area contributed by atoms with E-state index in [2.05, 4.69) is 20.7 Å². The summed E-state index contributed by atoms with van der Waals surface area (Å²) in [6.45, 7) is -2.94. The second kappa shape index (κ2) is 3.80. The minimum Gasteiger partial charge on any atom is -0.434 e. The first-order chi connectivity index (χ1) is 5.61. The first kappa shape index (κ1) is 9.38. The summed E-state index contributed by atoms with van der Waals surface area (Å²) in [5, 5.41) is 0. The maximum atomic E-state index is 12.7. The van der Waals surface area contributed by atoms with E-state index >= 15 is 0 Å². The average Bonchev–Trinajstić information content (AvgIpc) is 1.98. The second-order valence-electron chi connectivity index (χ2n) is 1.93. The highest BCUT2D eigenvalue weighted by Crippen LogP contribution is 2.28. The summed E-state index contributed by atoms with van der Waals surface area (Å²) in [4.78, 5) is 0. The van der Waals surface area contributed by atoms with Gasteiger partial charge in [0.25, 0.3) is 0 Å². The lowest BCUT2D eigenvalue weighted by Crippen LogP contribution is -2.02. The number of ether oxygens (including phenoxy) is 1. The van der Waals surface area contributed by atoms with E-state index in [0.29, 0.717) is 0 Å². The topological polar surface area (TPSA) is 9.23 Å². The van der Waals surface area contributed by atoms with E-state index in [0.717, 1.165) is 6.07 Å². The molecule has 0 aliphatic rings. The molecule has 0 aliphatic heterocycles. The van der Waals surface area contributed by atoms with Gasteiger partial charge in [-0.3, -0.25) is 0 Å². The lowest BCUT2D eigenvalue weighted by Gasteiger charge is -2.05. The molecular weight excluding hydrogens is 237 g/mol. The Morgan fingerprint density at radius 3 is 2.58 bits per heavy atom. The van der Waals surface area contributed by atoms with Crippen molar-refractivity contribution in [1.29, 1.82) is 0 Å². The fourth-order valence-electron chi connectivity index (χ4n) is 0.671. The summed E-state index contributed by atoms with van der Waals surface area (Å²) in [5.74, 6) is -0.835. The SMILES string of the molecule is Fc1cccc(OC(F)F)c1Br. The monoisotopic (exact) mass is 240 g/mol. The van der Waals surface area contributed by atoms with Gasteiger partial charge in [0, 0.05) is 0 Å². The molecule has 12 heavy (non-hydrogen) atoms. The number of hydrogen-bond donors (Lipinski definition) is 0. The molecule has 0 atom stereocenters. The third-order valence-corrected chi connectivity index (χ3v) is 1.90. The van der Waals surface area contributed by atoms with Crippen LogP contribution < -0.4 is 4.74 Å². The molecule has 0 spiro atoms. The quantitative estimate of drug-likeness (QED) is 0.772. The standard InChI is InChI=1S/C7H4BrF3O/c8-6-4(9)2-1-3-5(6)12-7(10)11/h1-3,7H. The fourth-order valence-corrected chi connectivity index (χ4v) is 1.03. The highest BCUT2D eigenvalue weighted by molar-refractivity contribution is 9.10. The summed E-state index contributed by atoms with van der Waals surface area (Å²) < 4.78 is 39.9. The Morgan fingerprint density at radius 1 is 1.33 bits per heavy atom. The van der Waals surface area contributed by atoms with Gasteiger partial charge in [0.15, 0.2) is 0 Å². The van der Waals surface area contributed by atoms with Crippen LogP contribution in [0.25, 0.3) is 0 Å². The van der Waals surface area contributed by atoms with Crippen LogP contribution in [0.15, 0.2) is 22.7 Å². The highest BCUT2D eigenvalue weighted by atomic mass is 79.9. The van der Waals surface area contributed by atoms with Gasteiger partial charge in [-0.1, -0.05) is 6.07 Å². The lowest BCUT2D eigenvalue weighted by molar-refractivity contribution is -0.0505. The van der Waals surface area contributed by atoms with Crippen molar-refractivity contribution in [3.63, 3.8) is 0 Å². The van der Waals surface area contributed by atoms with E-state index in [-0.39, 0.29) is 10.2 Å². The van der Waals surface area contributed by atoms with Gasteiger partial charge < -0.3 is 4.74 Å². The Kier molecular flexibility index (Phi) is 2.97. The van der Waals surface area contributed by atoms with Gasteiger partial charge >= 0.3 is 6.61 Å². The van der Waals surface area contributed by atoms with Crippen molar-refractivity contribution in [3.05, 3.63) is 28.5 Å². The third kappa shape index (κ3) is 2.14. The van der Waals surface area contributed by atoms with E-state index in [1.807, 2.05) is 0 Å². The van der Waals surface area contributed by atoms with Gasteiger partial charge in [-0.25, -0.2) is 4.39 Å². The van der Waals surface area contributed by atoms with Crippen LogP contribution in [-0.4, -0.2) is 6.61 Å². The smallest absolute Gasteiger partial charge is 0.387 e. The molecule has 0 radical (unpaired) electrons. The maximum Gasteiger partial charge on any atom is 0.387 e. The molecule has 0 saturated carbocycles. The van der Waals surface area contributed by atoms with Gasteiger partial charge in [0.1, 0.15) is 11.6 Å². The molecule has 0 amide bonds. The van der Waals surface area contributed by atoms with Crippen molar-refractivity contribution in [2.24, 2.45) is 0 Å². The summed E-state index contributed by atoms with van der Waals surface area (Å²) >= 11 is 2.78. The van der Waals surface area contributed by atoms with Crippen LogP contribution in [0.5, 0.6) is 5.75 Å². The summed E-state index contributed by atoms with van der Waals surface area (Å²) in [6, 6.07) is 3.68. The molecule has 1 nitrogen and oxygen atoms in total. The van der Waals surface area contributed by atoms with Crippen LogP contribution in [0.4, 0.5) is 13.2 Å². The largest absolute Gasteiger partial charge is 0.434 e. The Hall–Kier alpha value is -0.710. The number of rotatable bonds is 2. The second-order valence-corrected chi connectivity index (χ2v) is 2.72. The van der Waals surface area contributed by atoms with Crippen molar-refractivity contribution in [1.82, 2.24) is 0 Å². The van der Waals surface area contributed by atoms with Crippen LogP contribution in [0, 0.1) is 5.82 Å². The van der Waals surface area contributed by atoms with Gasteiger partial charge in [-0.2, -0.15) is 8.78 Å². The fraction of sp³-hybridized carbons (Fsp3) is 0.143. The van der Waals surface area contributed by atoms with E-state index in [4.69, 9.17) is 0 Å². The van der Waals surface area contributed by atoms with Crippen LogP contribution in [-0.2, 0) is 0 Å². The minimum absolute atomic E-state index is 0.0923.